The number of carbonyl (C=O) groups excluding carboxylic acids is 2. The smallest absolute Gasteiger partial charge is 0.323 e. The molecule has 6 nitrogen and oxygen atoms in total. The Bertz CT molecular complexity index is 572. The second-order valence-corrected chi connectivity index (χ2v) is 5.98. The first kappa shape index (κ1) is 19.6. The molecule has 0 aliphatic heterocycles. The molecule has 0 heterocycles. The van der Waals surface area contributed by atoms with E-state index < -0.39 is 24.2 Å². The van der Waals surface area contributed by atoms with Gasteiger partial charge in [-0.2, -0.15) is 0 Å². The van der Waals surface area contributed by atoms with E-state index >= 15 is 0 Å². The summed E-state index contributed by atoms with van der Waals surface area (Å²) >= 11 is 0. The van der Waals surface area contributed by atoms with E-state index in [1.807, 2.05) is 13.8 Å². The molecule has 1 rings (SSSR count). The lowest BCUT2D eigenvalue weighted by atomic mass is 10.1. The summed E-state index contributed by atoms with van der Waals surface area (Å²) in [4.78, 5) is 35.9. The zero-order valence-electron chi connectivity index (χ0n) is 13.9. The van der Waals surface area contributed by atoms with Gasteiger partial charge in [-0.15, -0.1) is 0 Å². The van der Waals surface area contributed by atoms with E-state index in [2.05, 4.69) is 5.32 Å². The lowest BCUT2D eigenvalue weighted by Crippen LogP contribution is -2.42. The fraction of sp³-hybridized carbons (Fsp3) is 0.471. The molecule has 0 aromatic heterocycles. The zero-order chi connectivity index (χ0) is 18.1. The minimum atomic E-state index is -1.16. The van der Waals surface area contributed by atoms with Gasteiger partial charge in [-0.25, -0.2) is 4.39 Å². The highest BCUT2D eigenvalue weighted by Gasteiger charge is 2.18. The van der Waals surface area contributed by atoms with Crippen molar-refractivity contribution in [2.24, 2.45) is 5.92 Å². The second-order valence-electron chi connectivity index (χ2n) is 5.98. The molecule has 0 saturated heterocycles. The molecule has 132 valence electrons. The highest BCUT2D eigenvalue weighted by molar-refractivity contribution is 5.86. The molecule has 7 heteroatoms. The molecule has 24 heavy (non-hydrogen) atoms. The number of carboxylic acids is 1. The fourth-order valence-corrected chi connectivity index (χ4v) is 2.00. The molecule has 0 bridgehead atoms. The van der Waals surface area contributed by atoms with Crippen LogP contribution in [0.2, 0.25) is 0 Å². The van der Waals surface area contributed by atoms with Crippen LogP contribution in [0.4, 0.5) is 4.39 Å². The van der Waals surface area contributed by atoms with Crippen molar-refractivity contribution in [3.05, 3.63) is 35.6 Å². The molecule has 0 aliphatic carbocycles. The first-order valence-electron chi connectivity index (χ1n) is 7.78. The quantitative estimate of drug-likeness (QED) is 0.719. The maximum absolute atomic E-state index is 12.9. The SMILES string of the molecule is CC(C)CCC(=O)NCC(=O)N(CC(=O)O)Cc1ccc(F)cc1. The Hall–Kier alpha value is -2.44. The Kier molecular flexibility index (Phi) is 7.88. The van der Waals surface area contributed by atoms with Gasteiger partial charge < -0.3 is 15.3 Å². The van der Waals surface area contributed by atoms with Crippen LogP contribution in [0.15, 0.2) is 24.3 Å². The monoisotopic (exact) mass is 338 g/mol. The number of halogens is 1. The third-order valence-corrected chi connectivity index (χ3v) is 3.35. The van der Waals surface area contributed by atoms with Crippen LogP contribution in [0, 0.1) is 11.7 Å². The van der Waals surface area contributed by atoms with Crippen molar-refractivity contribution in [1.82, 2.24) is 10.2 Å². The second kappa shape index (κ2) is 9.64. The van der Waals surface area contributed by atoms with Crippen LogP contribution in [0.1, 0.15) is 32.3 Å². The minimum absolute atomic E-state index is 0.0350. The van der Waals surface area contributed by atoms with Crippen LogP contribution >= 0.6 is 0 Å². The summed E-state index contributed by atoms with van der Waals surface area (Å²) in [5.74, 6) is -1.92. The van der Waals surface area contributed by atoms with Crippen LogP contribution in [0.5, 0.6) is 0 Å². The fourth-order valence-electron chi connectivity index (χ4n) is 2.00. The Labute approximate surface area is 140 Å². The Balaban J connectivity index is 2.59. The first-order chi connectivity index (χ1) is 11.3. The largest absolute Gasteiger partial charge is 0.480 e. The van der Waals surface area contributed by atoms with Crippen molar-refractivity contribution in [1.29, 1.82) is 0 Å². The van der Waals surface area contributed by atoms with Crippen molar-refractivity contribution in [3.8, 4) is 0 Å². The van der Waals surface area contributed by atoms with Crippen molar-refractivity contribution < 1.29 is 23.9 Å². The molecule has 0 atom stereocenters. The molecule has 2 amide bonds. The summed E-state index contributed by atoms with van der Waals surface area (Å²) in [5, 5.41) is 11.4. The summed E-state index contributed by atoms with van der Waals surface area (Å²) in [5.41, 5.74) is 0.608. The van der Waals surface area contributed by atoms with Crippen molar-refractivity contribution in [3.63, 3.8) is 0 Å². The van der Waals surface area contributed by atoms with E-state index in [1.165, 1.54) is 24.3 Å². The zero-order valence-corrected chi connectivity index (χ0v) is 13.9. The third kappa shape index (κ3) is 7.71. The average Bonchev–Trinajstić information content (AvgIpc) is 2.51. The van der Waals surface area contributed by atoms with Crippen LogP contribution in [0.25, 0.3) is 0 Å². The number of carboxylic acid groups (broad SMARTS) is 1. The molecule has 0 saturated carbocycles. The van der Waals surface area contributed by atoms with E-state index in [0.717, 1.165) is 4.90 Å². The Morgan fingerprint density at radius 2 is 1.83 bits per heavy atom. The van der Waals surface area contributed by atoms with Gasteiger partial charge in [-0.1, -0.05) is 26.0 Å². The number of benzene rings is 1. The van der Waals surface area contributed by atoms with Crippen molar-refractivity contribution in [2.75, 3.05) is 13.1 Å². The van der Waals surface area contributed by atoms with Gasteiger partial charge in [-0.3, -0.25) is 14.4 Å². The molecule has 0 spiro atoms. The number of nitrogens with zero attached hydrogens (tertiary/aromatic N) is 1. The number of amides is 2. The van der Waals surface area contributed by atoms with E-state index in [-0.39, 0.29) is 19.0 Å². The summed E-state index contributed by atoms with van der Waals surface area (Å²) in [6.45, 7) is 3.28. The summed E-state index contributed by atoms with van der Waals surface area (Å²) in [6, 6.07) is 5.45. The number of hydrogen-bond acceptors (Lipinski definition) is 3. The molecular formula is C17H23FN2O4. The standard InChI is InChI=1S/C17H23FN2O4/c1-12(2)3-8-15(21)19-9-16(22)20(11-17(23)24)10-13-4-6-14(18)7-5-13/h4-7,12H,3,8-11H2,1-2H3,(H,19,21)(H,23,24). The lowest BCUT2D eigenvalue weighted by Gasteiger charge is -2.21. The molecule has 0 aliphatic rings. The topological polar surface area (TPSA) is 86.7 Å². The van der Waals surface area contributed by atoms with Gasteiger partial charge in [0.1, 0.15) is 12.4 Å². The molecule has 1 aromatic rings. The molecule has 1 aromatic carbocycles. The van der Waals surface area contributed by atoms with Gasteiger partial charge in [0.15, 0.2) is 0 Å². The maximum atomic E-state index is 12.9. The normalized spacial score (nSPS) is 10.5. The van der Waals surface area contributed by atoms with E-state index in [9.17, 15) is 18.8 Å². The number of carbonyl (C=O) groups is 3. The van der Waals surface area contributed by atoms with E-state index in [0.29, 0.717) is 24.3 Å². The van der Waals surface area contributed by atoms with Crippen LogP contribution in [0.3, 0.4) is 0 Å². The highest BCUT2D eigenvalue weighted by Crippen LogP contribution is 2.07. The van der Waals surface area contributed by atoms with E-state index in [1.54, 1.807) is 0 Å². The van der Waals surface area contributed by atoms with E-state index in [4.69, 9.17) is 5.11 Å². The third-order valence-electron chi connectivity index (χ3n) is 3.35. The number of nitrogens with one attached hydrogen (secondary N) is 1. The maximum Gasteiger partial charge on any atom is 0.323 e. The van der Waals surface area contributed by atoms with Crippen molar-refractivity contribution in [2.45, 2.75) is 33.2 Å². The molecule has 2 N–H and O–H groups in total. The minimum Gasteiger partial charge on any atom is -0.480 e. The van der Waals surface area contributed by atoms with Gasteiger partial charge in [0.2, 0.25) is 11.8 Å². The van der Waals surface area contributed by atoms with Gasteiger partial charge in [0.05, 0.1) is 6.54 Å². The molecular weight excluding hydrogens is 315 g/mol. The Morgan fingerprint density at radius 3 is 2.38 bits per heavy atom. The Morgan fingerprint density at radius 1 is 1.21 bits per heavy atom. The summed E-state index contributed by atoms with van der Waals surface area (Å²) < 4.78 is 12.9. The van der Waals surface area contributed by atoms with Crippen LogP contribution in [-0.4, -0.2) is 40.9 Å². The van der Waals surface area contributed by atoms with Gasteiger partial charge in [0.25, 0.3) is 0 Å². The molecule has 0 fully saturated rings. The van der Waals surface area contributed by atoms with Crippen LogP contribution in [-0.2, 0) is 20.9 Å². The van der Waals surface area contributed by atoms with Gasteiger partial charge in [-0.05, 0) is 30.0 Å². The van der Waals surface area contributed by atoms with Crippen LogP contribution < -0.4 is 5.32 Å². The highest BCUT2D eigenvalue weighted by atomic mass is 19.1. The van der Waals surface area contributed by atoms with Crippen molar-refractivity contribution >= 4 is 17.8 Å². The predicted octanol–water partition coefficient (Wildman–Crippen LogP) is 1.79. The average molecular weight is 338 g/mol. The summed E-state index contributed by atoms with van der Waals surface area (Å²) in [7, 11) is 0. The predicted molar refractivity (Wildman–Crippen MR) is 86.5 cm³/mol. The van der Waals surface area contributed by atoms with Gasteiger partial charge in [0, 0.05) is 13.0 Å². The number of hydrogen-bond donors (Lipinski definition) is 2. The van der Waals surface area contributed by atoms with Gasteiger partial charge >= 0.3 is 5.97 Å². The number of rotatable bonds is 9. The first-order valence-corrected chi connectivity index (χ1v) is 7.78. The summed E-state index contributed by atoms with van der Waals surface area (Å²) in [6.07, 6.45) is 1.04. The molecule has 0 radical (unpaired) electrons. The number of aliphatic carboxylic acids is 1. The molecule has 0 unspecified atom stereocenters. The lowest BCUT2D eigenvalue weighted by molar-refractivity contribution is -0.144.